The van der Waals surface area contributed by atoms with Gasteiger partial charge >= 0.3 is 0 Å². The molecule has 29 heavy (non-hydrogen) atoms. The Morgan fingerprint density at radius 3 is 2.45 bits per heavy atom. The largest absolute Gasteiger partial charge is 0.352 e. The number of rotatable bonds is 5. The Morgan fingerprint density at radius 2 is 1.66 bits per heavy atom. The van der Waals surface area contributed by atoms with E-state index in [4.69, 9.17) is 0 Å². The topological polar surface area (TPSA) is 66.9 Å². The summed E-state index contributed by atoms with van der Waals surface area (Å²) >= 11 is 0. The molecule has 0 aliphatic carbocycles. The Balaban J connectivity index is 1.51. The molecule has 4 aromatic rings. The summed E-state index contributed by atoms with van der Waals surface area (Å²) in [5.41, 5.74) is 4.86. The van der Waals surface area contributed by atoms with Crippen molar-refractivity contribution < 1.29 is 4.79 Å². The monoisotopic (exact) mass is 382 g/mol. The lowest BCUT2D eigenvalue weighted by atomic mass is 10.0. The molecule has 0 unspecified atom stereocenters. The molecule has 1 amide bonds. The van der Waals surface area contributed by atoms with Crippen LogP contribution in [-0.2, 0) is 0 Å². The Labute approximate surface area is 169 Å². The van der Waals surface area contributed by atoms with E-state index in [0.717, 1.165) is 33.5 Å². The van der Waals surface area contributed by atoms with Gasteiger partial charge in [0, 0.05) is 17.3 Å². The highest BCUT2D eigenvalue weighted by Gasteiger charge is 2.12. The van der Waals surface area contributed by atoms with Crippen molar-refractivity contribution in [2.75, 3.05) is 10.6 Å². The van der Waals surface area contributed by atoms with Gasteiger partial charge in [-0.15, -0.1) is 0 Å². The van der Waals surface area contributed by atoms with Crippen LogP contribution in [0.2, 0.25) is 0 Å². The number of amides is 1. The lowest BCUT2D eigenvalue weighted by Gasteiger charge is -2.13. The van der Waals surface area contributed by atoms with E-state index in [1.165, 1.54) is 0 Å². The van der Waals surface area contributed by atoms with Crippen LogP contribution in [-0.4, -0.2) is 15.9 Å². The van der Waals surface area contributed by atoms with Crippen LogP contribution in [0.4, 0.5) is 17.1 Å². The number of fused-ring (bicyclic) bond motifs is 1. The molecule has 5 nitrogen and oxygen atoms in total. The third-order valence-electron chi connectivity index (χ3n) is 4.74. The fourth-order valence-electron chi connectivity index (χ4n) is 3.26. The van der Waals surface area contributed by atoms with Crippen molar-refractivity contribution in [2.45, 2.75) is 19.8 Å². The van der Waals surface area contributed by atoms with Gasteiger partial charge in [-0.05, 0) is 41.8 Å². The first-order chi connectivity index (χ1) is 14.1. The van der Waals surface area contributed by atoms with Crippen LogP contribution in [0.1, 0.15) is 35.8 Å². The molecule has 0 spiro atoms. The number of aromatic nitrogens is 2. The average molecular weight is 382 g/mol. The molecule has 2 aromatic heterocycles. The smallest absolute Gasteiger partial charge is 0.274 e. The first-order valence-corrected chi connectivity index (χ1v) is 9.59. The minimum atomic E-state index is -0.225. The van der Waals surface area contributed by atoms with Gasteiger partial charge in [-0.2, -0.15) is 0 Å². The molecular formula is C24H22N4O. The van der Waals surface area contributed by atoms with Gasteiger partial charge in [0.1, 0.15) is 5.69 Å². The summed E-state index contributed by atoms with van der Waals surface area (Å²) in [5.74, 6) is 0.0943. The van der Waals surface area contributed by atoms with Crippen LogP contribution in [0.5, 0.6) is 0 Å². The van der Waals surface area contributed by atoms with E-state index < -0.39 is 0 Å². The van der Waals surface area contributed by atoms with E-state index in [0.29, 0.717) is 11.6 Å². The maximum Gasteiger partial charge on any atom is 0.274 e. The molecule has 2 aromatic carbocycles. The number of para-hydroxylation sites is 2. The minimum Gasteiger partial charge on any atom is -0.352 e. The quantitative estimate of drug-likeness (QED) is 0.461. The molecule has 0 atom stereocenters. The van der Waals surface area contributed by atoms with Crippen LogP contribution in [0.25, 0.3) is 10.9 Å². The number of hydrogen-bond acceptors (Lipinski definition) is 4. The van der Waals surface area contributed by atoms with E-state index in [9.17, 15) is 4.79 Å². The standard InChI is InChI=1S/C24H22N4O/c1-16(2)19-9-3-4-10-20(19)28-24(29)22-13-12-18(15-26-22)27-21-11-5-7-17-8-6-14-25-23(17)21/h3-16,27H,1-2H3,(H,28,29). The van der Waals surface area contributed by atoms with E-state index in [1.54, 1.807) is 18.5 Å². The van der Waals surface area contributed by atoms with E-state index in [2.05, 4.69) is 34.4 Å². The highest BCUT2D eigenvalue weighted by atomic mass is 16.1. The van der Waals surface area contributed by atoms with Crippen LogP contribution >= 0.6 is 0 Å². The molecule has 0 bridgehead atoms. The van der Waals surface area contributed by atoms with E-state index >= 15 is 0 Å². The second kappa shape index (κ2) is 8.10. The molecule has 0 aliphatic rings. The van der Waals surface area contributed by atoms with E-state index in [1.807, 2.05) is 60.7 Å². The molecule has 0 fully saturated rings. The van der Waals surface area contributed by atoms with Crippen LogP contribution in [0.3, 0.4) is 0 Å². The number of nitrogens with one attached hydrogen (secondary N) is 2. The number of carbonyl (C=O) groups excluding carboxylic acids is 1. The normalized spacial score (nSPS) is 10.9. The second-order valence-electron chi connectivity index (χ2n) is 7.13. The van der Waals surface area contributed by atoms with Crippen LogP contribution in [0.15, 0.2) is 79.1 Å². The highest BCUT2D eigenvalue weighted by molar-refractivity contribution is 6.03. The van der Waals surface area contributed by atoms with Gasteiger partial charge in [0.05, 0.1) is 23.1 Å². The lowest BCUT2D eigenvalue weighted by Crippen LogP contribution is -2.15. The van der Waals surface area contributed by atoms with Gasteiger partial charge < -0.3 is 10.6 Å². The van der Waals surface area contributed by atoms with Crippen molar-refractivity contribution in [3.63, 3.8) is 0 Å². The lowest BCUT2D eigenvalue weighted by molar-refractivity contribution is 0.102. The van der Waals surface area contributed by atoms with Crippen molar-refractivity contribution in [1.82, 2.24) is 9.97 Å². The summed E-state index contributed by atoms with van der Waals surface area (Å²) in [6, 6.07) is 21.3. The fourth-order valence-corrected chi connectivity index (χ4v) is 3.26. The molecule has 144 valence electrons. The maximum absolute atomic E-state index is 12.6. The van der Waals surface area contributed by atoms with Gasteiger partial charge in [-0.1, -0.05) is 50.2 Å². The zero-order valence-electron chi connectivity index (χ0n) is 16.4. The van der Waals surface area contributed by atoms with Crippen molar-refractivity contribution >= 4 is 33.9 Å². The molecule has 0 radical (unpaired) electrons. The summed E-state index contributed by atoms with van der Waals surface area (Å²) in [6.45, 7) is 4.21. The van der Waals surface area contributed by atoms with Gasteiger partial charge in [0.25, 0.3) is 5.91 Å². The van der Waals surface area contributed by atoms with Crippen molar-refractivity contribution in [3.8, 4) is 0 Å². The first kappa shape index (κ1) is 18.6. The zero-order valence-corrected chi connectivity index (χ0v) is 16.4. The highest BCUT2D eigenvalue weighted by Crippen LogP contribution is 2.25. The zero-order chi connectivity index (χ0) is 20.2. The van der Waals surface area contributed by atoms with E-state index in [-0.39, 0.29) is 5.91 Å². The average Bonchev–Trinajstić information content (AvgIpc) is 2.75. The van der Waals surface area contributed by atoms with Gasteiger partial charge in [0.15, 0.2) is 0 Å². The second-order valence-corrected chi connectivity index (χ2v) is 7.13. The Morgan fingerprint density at radius 1 is 0.862 bits per heavy atom. The summed E-state index contributed by atoms with van der Waals surface area (Å²) in [5, 5.41) is 7.36. The summed E-state index contributed by atoms with van der Waals surface area (Å²) in [4.78, 5) is 21.4. The number of hydrogen-bond donors (Lipinski definition) is 2. The fraction of sp³-hybridized carbons (Fsp3) is 0.125. The number of benzene rings is 2. The van der Waals surface area contributed by atoms with Crippen molar-refractivity contribution in [2.24, 2.45) is 0 Å². The molecule has 0 saturated heterocycles. The summed E-state index contributed by atoms with van der Waals surface area (Å²) in [6.07, 6.45) is 3.43. The number of pyridine rings is 2. The molecule has 0 aliphatic heterocycles. The molecule has 5 heteroatoms. The van der Waals surface area contributed by atoms with Crippen LogP contribution < -0.4 is 10.6 Å². The SMILES string of the molecule is CC(C)c1ccccc1NC(=O)c1ccc(Nc2cccc3cccnc23)cn1. The maximum atomic E-state index is 12.6. The van der Waals surface area contributed by atoms with Crippen molar-refractivity contribution in [1.29, 1.82) is 0 Å². The number of anilines is 3. The predicted molar refractivity (Wildman–Crippen MR) is 118 cm³/mol. The molecule has 4 rings (SSSR count). The van der Waals surface area contributed by atoms with Crippen LogP contribution in [0, 0.1) is 0 Å². The van der Waals surface area contributed by atoms with Gasteiger partial charge in [-0.3, -0.25) is 9.78 Å². The number of nitrogens with zero attached hydrogens (tertiary/aromatic N) is 2. The van der Waals surface area contributed by atoms with Gasteiger partial charge in [-0.25, -0.2) is 4.98 Å². The molecule has 0 saturated carbocycles. The molecular weight excluding hydrogens is 360 g/mol. The first-order valence-electron chi connectivity index (χ1n) is 9.59. The third-order valence-corrected chi connectivity index (χ3v) is 4.74. The Hall–Kier alpha value is -3.73. The predicted octanol–water partition coefficient (Wildman–Crippen LogP) is 5.75. The minimum absolute atomic E-state index is 0.225. The van der Waals surface area contributed by atoms with Crippen molar-refractivity contribution in [3.05, 3.63) is 90.4 Å². The Bertz CT molecular complexity index is 1150. The van der Waals surface area contributed by atoms with Gasteiger partial charge in [0.2, 0.25) is 0 Å². The molecule has 2 N–H and O–H groups in total. The number of carbonyl (C=O) groups is 1. The third kappa shape index (κ3) is 4.09. The Kier molecular flexibility index (Phi) is 5.20. The molecule has 2 heterocycles. The summed E-state index contributed by atoms with van der Waals surface area (Å²) < 4.78 is 0. The summed E-state index contributed by atoms with van der Waals surface area (Å²) in [7, 11) is 0.